The number of carbonyl (C=O) groups is 1. The topological polar surface area (TPSA) is 38.3 Å². The van der Waals surface area contributed by atoms with Gasteiger partial charge in [0, 0.05) is 5.69 Å². The highest BCUT2D eigenvalue weighted by Crippen LogP contribution is 2.23. The zero-order valence-corrected chi connectivity index (χ0v) is 12.5. The highest BCUT2D eigenvalue weighted by Gasteiger charge is 2.33. The number of hydrogen-bond acceptors (Lipinski definition) is 3. The Balaban J connectivity index is 2.78. The van der Waals surface area contributed by atoms with Crippen LogP contribution in [-0.2, 0) is 9.53 Å². The Morgan fingerprint density at radius 3 is 2.42 bits per heavy atom. The Bertz CT molecular complexity index is 400. The van der Waals surface area contributed by atoms with E-state index in [2.05, 4.69) is 12.2 Å². The second kappa shape index (κ2) is 7.17. The molecule has 0 aliphatic heterocycles. The molecule has 0 saturated heterocycles. The summed E-state index contributed by atoms with van der Waals surface area (Å²) in [6.45, 7) is 6.11. The van der Waals surface area contributed by atoms with Gasteiger partial charge in [0.25, 0.3) is 0 Å². The minimum atomic E-state index is -0.654. The lowest BCUT2D eigenvalue weighted by atomic mass is 9.94. The molecule has 0 aliphatic rings. The summed E-state index contributed by atoms with van der Waals surface area (Å²) in [7, 11) is 1.44. The van der Waals surface area contributed by atoms with Gasteiger partial charge in [0.15, 0.2) is 0 Å². The SMILES string of the molecule is CCCCCC(C)(Nc1ccc(C)cc1)C(=O)OC. The molecule has 0 amide bonds. The number of unbranched alkanes of at least 4 members (excludes halogenated alkanes) is 2. The van der Waals surface area contributed by atoms with Gasteiger partial charge in [-0.25, -0.2) is 4.79 Å². The van der Waals surface area contributed by atoms with Crippen LogP contribution in [0, 0.1) is 6.92 Å². The van der Waals surface area contributed by atoms with E-state index >= 15 is 0 Å². The predicted molar refractivity (Wildman–Crippen MR) is 79.4 cm³/mol. The van der Waals surface area contributed by atoms with Gasteiger partial charge in [-0.3, -0.25) is 0 Å². The molecule has 106 valence electrons. The van der Waals surface area contributed by atoms with Crippen LogP contribution >= 0.6 is 0 Å². The van der Waals surface area contributed by atoms with Crippen LogP contribution in [0.5, 0.6) is 0 Å². The molecule has 19 heavy (non-hydrogen) atoms. The number of aryl methyl sites for hydroxylation is 1. The summed E-state index contributed by atoms with van der Waals surface area (Å²) in [5.41, 5.74) is 1.51. The summed E-state index contributed by atoms with van der Waals surface area (Å²) >= 11 is 0. The molecule has 0 radical (unpaired) electrons. The van der Waals surface area contributed by atoms with Gasteiger partial charge in [0.2, 0.25) is 0 Å². The molecule has 0 spiro atoms. The molecule has 0 bridgehead atoms. The first-order valence-electron chi connectivity index (χ1n) is 6.95. The molecule has 1 N–H and O–H groups in total. The Kier molecular flexibility index (Phi) is 5.87. The fourth-order valence-corrected chi connectivity index (χ4v) is 2.12. The van der Waals surface area contributed by atoms with Crippen LogP contribution in [0.4, 0.5) is 5.69 Å². The van der Waals surface area contributed by atoms with Crippen LogP contribution in [-0.4, -0.2) is 18.6 Å². The van der Waals surface area contributed by atoms with Crippen molar-refractivity contribution in [2.75, 3.05) is 12.4 Å². The van der Waals surface area contributed by atoms with E-state index in [1.807, 2.05) is 38.1 Å². The van der Waals surface area contributed by atoms with Crippen LogP contribution in [0.25, 0.3) is 0 Å². The predicted octanol–water partition coefficient (Wildman–Crippen LogP) is 3.92. The molecule has 1 aromatic rings. The number of hydrogen-bond donors (Lipinski definition) is 1. The Morgan fingerprint density at radius 2 is 1.89 bits per heavy atom. The van der Waals surface area contributed by atoms with Crippen molar-refractivity contribution >= 4 is 11.7 Å². The maximum atomic E-state index is 12.0. The van der Waals surface area contributed by atoms with Crippen molar-refractivity contribution in [1.82, 2.24) is 0 Å². The molecule has 0 fully saturated rings. The summed E-state index contributed by atoms with van der Waals surface area (Å²) in [5.74, 6) is -0.204. The number of esters is 1. The van der Waals surface area contributed by atoms with E-state index in [9.17, 15) is 4.79 Å². The standard InChI is InChI=1S/C16H25NO2/c1-5-6-7-12-16(3,15(18)19-4)17-14-10-8-13(2)9-11-14/h8-11,17H,5-7,12H2,1-4H3. The van der Waals surface area contributed by atoms with Gasteiger partial charge in [-0.05, 0) is 32.4 Å². The van der Waals surface area contributed by atoms with Crippen molar-refractivity contribution in [2.24, 2.45) is 0 Å². The third-order valence-electron chi connectivity index (χ3n) is 3.39. The van der Waals surface area contributed by atoms with Crippen molar-refractivity contribution in [3.63, 3.8) is 0 Å². The number of anilines is 1. The molecular formula is C16H25NO2. The van der Waals surface area contributed by atoms with Gasteiger partial charge in [-0.2, -0.15) is 0 Å². The second-order valence-electron chi connectivity index (χ2n) is 5.27. The highest BCUT2D eigenvalue weighted by atomic mass is 16.5. The van der Waals surface area contributed by atoms with E-state index in [0.717, 1.165) is 31.4 Å². The molecule has 0 saturated carbocycles. The first-order chi connectivity index (χ1) is 9.01. The van der Waals surface area contributed by atoms with E-state index < -0.39 is 5.54 Å². The van der Waals surface area contributed by atoms with Crippen LogP contribution in [0.3, 0.4) is 0 Å². The van der Waals surface area contributed by atoms with Crippen LogP contribution in [0.1, 0.15) is 45.1 Å². The van der Waals surface area contributed by atoms with Crippen molar-refractivity contribution in [3.05, 3.63) is 29.8 Å². The van der Waals surface area contributed by atoms with E-state index in [1.165, 1.54) is 12.7 Å². The van der Waals surface area contributed by atoms with Gasteiger partial charge < -0.3 is 10.1 Å². The molecule has 1 unspecified atom stereocenters. The first kappa shape index (κ1) is 15.5. The molecule has 1 rings (SSSR count). The average Bonchev–Trinajstić information content (AvgIpc) is 2.41. The zero-order chi connectivity index (χ0) is 14.3. The van der Waals surface area contributed by atoms with Gasteiger partial charge in [0.05, 0.1) is 7.11 Å². The zero-order valence-electron chi connectivity index (χ0n) is 12.5. The molecular weight excluding hydrogens is 238 g/mol. The van der Waals surface area contributed by atoms with Gasteiger partial charge in [-0.15, -0.1) is 0 Å². The van der Waals surface area contributed by atoms with Crippen LogP contribution in [0.2, 0.25) is 0 Å². The summed E-state index contributed by atoms with van der Waals surface area (Å²) in [6, 6.07) is 8.06. The number of methoxy groups -OCH3 is 1. The molecule has 0 aromatic heterocycles. The summed E-state index contributed by atoms with van der Waals surface area (Å²) in [6.07, 6.45) is 4.06. The first-order valence-corrected chi connectivity index (χ1v) is 6.95. The lowest BCUT2D eigenvalue weighted by Gasteiger charge is -2.29. The van der Waals surface area contributed by atoms with Gasteiger partial charge >= 0.3 is 5.97 Å². The lowest BCUT2D eigenvalue weighted by Crippen LogP contribution is -2.44. The molecule has 0 aliphatic carbocycles. The van der Waals surface area contributed by atoms with Gasteiger partial charge in [-0.1, -0.05) is 43.9 Å². The number of carbonyl (C=O) groups excluding carboxylic acids is 1. The molecule has 1 atom stereocenters. The fraction of sp³-hybridized carbons (Fsp3) is 0.562. The normalized spacial score (nSPS) is 13.7. The molecule has 3 nitrogen and oxygen atoms in total. The summed E-state index contributed by atoms with van der Waals surface area (Å²) < 4.78 is 4.94. The molecule has 3 heteroatoms. The van der Waals surface area contributed by atoms with E-state index in [4.69, 9.17) is 4.74 Å². The Morgan fingerprint density at radius 1 is 1.26 bits per heavy atom. The van der Waals surface area contributed by atoms with E-state index in [1.54, 1.807) is 0 Å². The largest absolute Gasteiger partial charge is 0.467 e. The fourth-order valence-electron chi connectivity index (χ4n) is 2.12. The van der Waals surface area contributed by atoms with Crippen molar-refractivity contribution in [1.29, 1.82) is 0 Å². The smallest absolute Gasteiger partial charge is 0.331 e. The summed E-state index contributed by atoms with van der Waals surface area (Å²) in [4.78, 5) is 12.0. The Labute approximate surface area is 116 Å². The second-order valence-corrected chi connectivity index (χ2v) is 5.27. The van der Waals surface area contributed by atoms with E-state index in [-0.39, 0.29) is 5.97 Å². The number of benzene rings is 1. The monoisotopic (exact) mass is 263 g/mol. The lowest BCUT2D eigenvalue weighted by molar-refractivity contribution is -0.145. The van der Waals surface area contributed by atoms with E-state index in [0.29, 0.717) is 0 Å². The van der Waals surface area contributed by atoms with Crippen LogP contribution < -0.4 is 5.32 Å². The molecule has 0 heterocycles. The number of nitrogens with one attached hydrogen (secondary N) is 1. The number of rotatable bonds is 7. The minimum Gasteiger partial charge on any atom is -0.467 e. The third kappa shape index (κ3) is 4.58. The Hall–Kier alpha value is -1.51. The summed E-state index contributed by atoms with van der Waals surface area (Å²) in [5, 5.41) is 3.32. The van der Waals surface area contributed by atoms with Crippen molar-refractivity contribution in [2.45, 2.75) is 52.0 Å². The van der Waals surface area contributed by atoms with Gasteiger partial charge in [0.1, 0.15) is 5.54 Å². The maximum absolute atomic E-state index is 12.0. The van der Waals surface area contributed by atoms with Crippen LogP contribution in [0.15, 0.2) is 24.3 Å². The number of ether oxygens (including phenoxy) is 1. The van der Waals surface area contributed by atoms with Crippen molar-refractivity contribution < 1.29 is 9.53 Å². The molecule has 1 aromatic carbocycles. The minimum absolute atomic E-state index is 0.204. The average molecular weight is 263 g/mol. The quantitative estimate of drug-likeness (QED) is 0.598. The van der Waals surface area contributed by atoms with Crippen molar-refractivity contribution in [3.8, 4) is 0 Å². The highest BCUT2D eigenvalue weighted by molar-refractivity contribution is 5.83. The maximum Gasteiger partial charge on any atom is 0.331 e. The third-order valence-corrected chi connectivity index (χ3v) is 3.39.